The molecule has 0 saturated carbocycles. The van der Waals surface area contributed by atoms with Crippen molar-refractivity contribution < 1.29 is 9.50 Å². The van der Waals surface area contributed by atoms with Crippen LogP contribution in [0.5, 0.6) is 0 Å². The van der Waals surface area contributed by atoms with Gasteiger partial charge in [-0.1, -0.05) is 45.6 Å². The van der Waals surface area contributed by atoms with Crippen LogP contribution in [0.2, 0.25) is 0 Å². The van der Waals surface area contributed by atoms with Crippen molar-refractivity contribution in [3.05, 3.63) is 35.1 Å². The van der Waals surface area contributed by atoms with Gasteiger partial charge in [0.25, 0.3) is 0 Å². The largest absolute Gasteiger partial charge is 0.384 e. The lowest BCUT2D eigenvalue weighted by Gasteiger charge is -2.26. The van der Waals surface area contributed by atoms with Crippen LogP contribution >= 0.6 is 0 Å². The van der Waals surface area contributed by atoms with E-state index >= 15 is 0 Å². The van der Waals surface area contributed by atoms with E-state index in [-0.39, 0.29) is 12.4 Å². The molecule has 0 bridgehead atoms. The average Bonchev–Trinajstić information content (AvgIpc) is 2.37. The van der Waals surface area contributed by atoms with Crippen LogP contribution < -0.4 is 0 Å². The molecule has 116 valence electrons. The number of aliphatic hydroxyl groups excluding tert-OH is 1. The second kappa shape index (κ2) is 8.81. The molecule has 1 rings (SSSR count). The number of benzene rings is 1. The highest BCUT2D eigenvalue weighted by molar-refractivity contribution is 5.41. The Morgan fingerprint density at radius 1 is 1.14 bits per heavy atom. The minimum Gasteiger partial charge on any atom is -0.384 e. The van der Waals surface area contributed by atoms with E-state index in [4.69, 9.17) is 5.11 Å². The SMILES string of the molecule is CC(C)CN(Cc1ccc(F)cc1C#CCO)CC(C)C. The number of halogens is 1. The molecule has 0 heterocycles. The fraction of sp³-hybridized carbons (Fsp3) is 0.556. The predicted octanol–water partition coefficient (Wildman–Crippen LogP) is 3.28. The number of nitrogens with zero attached hydrogens (tertiary/aromatic N) is 1. The Balaban J connectivity index is 2.96. The molecule has 0 spiro atoms. The standard InChI is InChI=1S/C18H26FNO/c1-14(2)11-20(12-15(3)4)13-17-7-8-18(19)10-16(17)6-5-9-21/h7-8,10,14-15,21H,9,11-13H2,1-4H3. The Kier molecular flexibility index (Phi) is 7.42. The number of aliphatic hydroxyl groups is 1. The van der Waals surface area contributed by atoms with Gasteiger partial charge in [-0.3, -0.25) is 4.90 Å². The van der Waals surface area contributed by atoms with Gasteiger partial charge in [-0.25, -0.2) is 4.39 Å². The molecular formula is C18H26FNO. The maximum absolute atomic E-state index is 13.4. The van der Waals surface area contributed by atoms with Crippen LogP contribution in [0.3, 0.4) is 0 Å². The van der Waals surface area contributed by atoms with Crippen LogP contribution in [-0.4, -0.2) is 29.7 Å². The van der Waals surface area contributed by atoms with Crippen molar-refractivity contribution in [2.75, 3.05) is 19.7 Å². The minimum absolute atomic E-state index is 0.211. The number of hydrogen-bond acceptors (Lipinski definition) is 2. The zero-order chi connectivity index (χ0) is 15.8. The molecule has 0 fully saturated rings. The number of hydrogen-bond donors (Lipinski definition) is 1. The van der Waals surface area contributed by atoms with Crippen molar-refractivity contribution in [2.24, 2.45) is 11.8 Å². The predicted molar refractivity (Wildman–Crippen MR) is 85.3 cm³/mol. The van der Waals surface area contributed by atoms with Gasteiger partial charge >= 0.3 is 0 Å². The molecule has 3 heteroatoms. The summed E-state index contributed by atoms with van der Waals surface area (Å²) in [7, 11) is 0. The Bertz CT molecular complexity index is 490. The van der Waals surface area contributed by atoms with Gasteiger partial charge in [-0.05, 0) is 29.5 Å². The monoisotopic (exact) mass is 291 g/mol. The summed E-state index contributed by atoms with van der Waals surface area (Å²) >= 11 is 0. The molecule has 0 aromatic heterocycles. The van der Waals surface area contributed by atoms with Crippen molar-refractivity contribution in [1.82, 2.24) is 4.90 Å². The van der Waals surface area contributed by atoms with E-state index in [0.717, 1.165) is 25.2 Å². The first-order valence-electron chi connectivity index (χ1n) is 7.52. The molecule has 0 aliphatic rings. The van der Waals surface area contributed by atoms with E-state index in [1.54, 1.807) is 6.07 Å². The van der Waals surface area contributed by atoms with Crippen LogP contribution in [0.1, 0.15) is 38.8 Å². The fourth-order valence-corrected chi connectivity index (χ4v) is 2.42. The van der Waals surface area contributed by atoms with E-state index in [1.165, 1.54) is 12.1 Å². The Hall–Kier alpha value is -1.37. The summed E-state index contributed by atoms with van der Waals surface area (Å²) in [6.07, 6.45) is 0. The van der Waals surface area contributed by atoms with Gasteiger partial charge in [-0.2, -0.15) is 0 Å². The Labute approximate surface area is 128 Å². The highest BCUT2D eigenvalue weighted by Crippen LogP contribution is 2.15. The molecule has 2 nitrogen and oxygen atoms in total. The van der Waals surface area contributed by atoms with Crippen LogP contribution in [0, 0.1) is 29.5 Å². The van der Waals surface area contributed by atoms with E-state index in [2.05, 4.69) is 44.4 Å². The van der Waals surface area contributed by atoms with Gasteiger partial charge < -0.3 is 5.11 Å². The third-order valence-corrected chi connectivity index (χ3v) is 3.01. The molecule has 0 aliphatic heterocycles. The first-order valence-corrected chi connectivity index (χ1v) is 7.52. The van der Waals surface area contributed by atoms with Crippen LogP contribution in [0.25, 0.3) is 0 Å². The molecular weight excluding hydrogens is 265 g/mol. The second-order valence-electron chi connectivity index (χ2n) is 6.24. The molecule has 1 N–H and O–H groups in total. The van der Waals surface area contributed by atoms with Gasteiger partial charge in [-0.15, -0.1) is 0 Å². The summed E-state index contributed by atoms with van der Waals surface area (Å²) in [5.74, 6) is 6.32. The molecule has 21 heavy (non-hydrogen) atoms. The Morgan fingerprint density at radius 2 is 1.76 bits per heavy atom. The van der Waals surface area contributed by atoms with Crippen molar-refractivity contribution in [2.45, 2.75) is 34.2 Å². The quantitative estimate of drug-likeness (QED) is 0.813. The highest BCUT2D eigenvalue weighted by atomic mass is 19.1. The molecule has 0 radical (unpaired) electrons. The lowest BCUT2D eigenvalue weighted by Crippen LogP contribution is -2.31. The zero-order valence-corrected chi connectivity index (χ0v) is 13.5. The third kappa shape index (κ3) is 6.75. The molecule has 1 aromatic rings. The molecule has 0 amide bonds. The van der Waals surface area contributed by atoms with Gasteiger partial charge in [0.15, 0.2) is 0 Å². The van der Waals surface area contributed by atoms with Crippen LogP contribution in [0.4, 0.5) is 4.39 Å². The maximum Gasteiger partial charge on any atom is 0.124 e. The van der Waals surface area contributed by atoms with Crippen molar-refractivity contribution in [1.29, 1.82) is 0 Å². The smallest absolute Gasteiger partial charge is 0.124 e. The van der Waals surface area contributed by atoms with Gasteiger partial charge in [0.1, 0.15) is 12.4 Å². The summed E-state index contributed by atoms with van der Waals surface area (Å²) < 4.78 is 13.4. The normalized spacial score (nSPS) is 11.1. The summed E-state index contributed by atoms with van der Waals surface area (Å²) in [5.41, 5.74) is 1.68. The summed E-state index contributed by atoms with van der Waals surface area (Å²) in [6.45, 7) is 11.3. The molecule has 0 aliphatic carbocycles. The van der Waals surface area contributed by atoms with Crippen molar-refractivity contribution in [3.63, 3.8) is 0 Å². The van der Waals surface area contributed by atoms with Gasteiger partial charge in [0.05, 0.1) is 0 Å². The second-order valence-corrected chi connectivity index (χ2v) is 6.24. The van der Waals surface area contributed by atoms with Crippen LogP contribution in [0.15, 0.2) is 18.2 Å². The van der Waals surface area contributed by atoms with E-state index in [1.807, 2.05) is 0 Å². The lowest BCUT2D eigenvalue weighted by atomic mass is 10.0. The van der Waals surface area contributed by atoms with Gasteiger partial charge in [0.2, 0.25) is 0 Å². The summed E-state index contributed by atoms with van der Waals surface area (Å²) in [6, 6.07) is 4.72. The molecule has 1 aromatic carbocycles. The fourth-order valence-electron chi connectivity index (χ4n) is 2.42. The summed E-state index contributed by atoms with van der Waals surface area (Å²) in [4.78, 5) is 2.38. The van der Waals surface area contributed by atoms with Crippen LogP contribution in [-0.2, 0) is 6.54 Å². The van der Waals surface area contributed by atoms with Crippen molar-refractivity contribution in [3.8, 4) is 11.8 Å². The first-order chi connectivity index (χ1) is 9.92. The number of rotatable bonds is 6. The topological polar surface area (TPSA) is 23.5 Å². The van der Waals surface area contributed by atoms with Crippen molar-refractivity contribution >= 4 is 0 Å². The van der Waals surface area contributed by atoms with E-state index in [9.17, 15) is 4.39 Å². The zero-order valence-electron chi connectivity index (χ0n) is 13.5. The average molecular weight is 291 g/mol. The first kappa shape index (κ1) is 17.7. The summed E-state index contributed by atoms with van der Waals surface area (Å²) in [5, 5.41) is 8.83. The van der Waals surface area contributed by atoms with E-state index in [0.29, 0.717) is 17.4 Å². The molecule has 0 saturated heterocycles. The molecule has 0 unspecified atom stereocenters. The lowest BCUT2D eigenvalue weighted by molar-refractivity contribution is 0.211. The maximum atomic E-state index is 13.4. The molecule has 0 atom stereocenters. The van der Waals surface area contributed by atoms with Gasteiger partial charge in [0, 0.05) is 25.2 Å². The third-order valence-electron chi connectivity index (χ3n) is 3.01. The highest BCUT2D eigenvalue weighted by Gasteiger charge is 2.12. The minimum atomic E-state index is -0.291. The Morgan fingerprint density at radius 3 is 2.29 bits per heavy atom. The van der Waals surface area contributed by atoms with E-state index < -0.39 is 0 Å².